The number of unbranched alkanes of at least 4 members (excludes halogenated alkanes) is 3. The number of hydrogen-bond acceptors (Lipinski definition) is 7. The topological polar surface area (TPSA) is 125 Å². The molecule has 2 heterocycles. The molecule has 3 amide bonds. The van der Waals surface area contributed by atoms with Crippen LogP contribution < -0.4 is 16.5 Å². The fourth-order valence-electron chi connectivity index (χ4n) is 3.85. The molecule has 2 saturated heterocycles. The predicted molar refractivity (Wildman–Crippen MR) is 121 cm³/mol. The number of nitrogens with two attached hydrogens (primary N) is 1. The Labute approximate surface area is 187 Å². The maximum absolute atomic E-state index is 13.1. The normalized spacial score (nSPS) is 22.1. The van der Waals surface area contributed by atoms with E-state index in [0.29, 0.717) is 32.4 Å². The van der Waals surface area contributed by atoms with Gasteiger partial charge in [0.1, 0.15) is 6.04 Å². The molecule has 2 rings (SSSR count). The van der Waals surface area contributed by atoms with E-state index in [0.717, 1.165) is 37.2 Å². The Morgan fingerprint density at radius 3 is 2.50 bits per heavy atom. The first-order valence-corrected chi connectivity index (χ1v) is 12.8. The van der Waals surface area contributed by atoms with E-state index in [1.807, 2.05) is 37.4 Å². The van der Waals surface area contributed by atoms with Gasteiger partial charge in [0.15, 0.2) is 0 Å². The van der Waals surface area contributed by atoms with Crippen molar-refractivity contribution < 1.29 is 19.6 Å². The van der Waals surface area contributed by atoms with E-state index in [9.17, 15) is 14.4 Å². The van der Waals surface area contributed by atoms with Crippen LogP contribution in [0.5, 0.6) is 0 Å². The second kappa shape index (κ2) is 12.2. The molecule has 2 fully saturated rings. The van der Waals surface area contributed by atoms with Crippen LogP contribution >= 0.6 is 23.5 Å². The Balaban J connectivity index is 1.86. The highest BCUT2D eigenvalue weighted by Gasteiger charge is 2.51. The number of thioether (sulfide) groups is 2. The predicted octanol–water partition coefficient (Wildman–Crippen LogP) is 1.71. The quantitative estimate of drug-likeness (QED) is 0.210. The molecular formula is C20H36N4O4S2. The summed E-state index contributed by atoms with van der Waals surface area (Å²) in [5.41, 5.74) is 7.84. The number of rotatable bonds is 11. The Kier molecular flexibility index (Phi) is 10.3. The van der Waals surface area contributed by atoms with Gasteiger partial charge in [-0.2, -0.15) is 0 Å². The molecule has 5 N–H and O–H groups in total. The molecule has 0 aromatic heterocycles. The third-order valence-corrected chi connectivity index (χ3v) is 9.41. The molecule has 0 aliphatic carbocycles. The molecule has 0 aromatic rings. The Morgan fingerprint density at radius 2 is 1.87 bits per heavy atom. The molecule has 0 bridgehead atoms. The number of carbonyl (C=O) groups is 3. The average Bonchev–Trinajstić information content (AvgIpc) is 3.37. The van der Waals surface area contributed by atoms with Crippen LogP contribution in [0.1, 0.15) is 58.8 Å². The summed E-state index contributed by atoms with van der Waals surface area (Å²) in [4.78, 5) is 38.7. The number of hydroxylamine groups is 1. The van der Waals surface area contributed by atoms with Crippen molar-refractivity contribution in [2.24, 2.45) is 11.7 Å². The van der Waals surface area contributed by atoms with Gasteiger partial charge in [0.05, 0.1) is 10.1 Å². The Hall–Kier alpha value is -0.970. The van der Waals surface area contributed by atoms with Crippen molar-refractivity contribution in [2.45, 2.75) is 75.0 Å². The lowest BCUT2D eigenvalue weighted by atomic mass is 9.98. The minimum Gasteiger partial charge on any atom is -0.354 e. The molecular weight excluding hydrogens is 424 g/mol. The minimum atomic E-state index is -0.576. The molecule has 0 aromatic carbocycles. The molecule has 3 atom stereocenters. The number of nitrogens with zero attached hydrogens (tertiary/aromatic N) is 1. The number of nitrogens with one attached hydrogen (secondary N) is 2. The summed E-state index contributed by atoms with van der Waals surface area (Å²) < 4.78 is -0.0832. The van der Waals surface area contributed by atoms with Crippen molar-refractivity contribution in [3.05, 3.63) is 0 Å². The molecule has 0 radical (unpaired) electrons. The maximum Gasteiger partial charge on any atom is 0.243 e. The van der Waals surface area contributed by atoms with Crippen LogP contribution in [-0.4, -0.2) is 68.6 Å². The molecule has 10 heteroatoms. The van der Waals surface area contributed by atoms with Gasteiger partial charge in [-0.15, -0.1) is 23.5 Å². The van der Waals surface area contributed by atoms with Gasteiger partial charge in [-0.1, -0.05) is 33.1 Å². The molecule has 2 aliphatic heterocycles. The summed E-state index contributed by atoms with van der Waals surface area (Å²) in [5.74, 6) is 1.59. The van der Waals surface area contributed by atoms with E-state index in [4.69, 9.17) is 10.9 Å². The van der Waals surface area contributed by atoms with Gasteiger partial charge in [-0.05, 0) is 18.8 Å². The van der Waals surface area contributed by atoms with Gasteiger partial charge in [-0.25, -0.2) is 5.48 Å². The Bertz CT molecular complexity index is 601. The standard InChI is InChI=1S/C20H36N4O4S2/c1-3-14(2)17(21)19(27)24-13-20(29-10-11-30-20)12-15(24)18(26)22-9-7-5-4-6-8-16(25)23-28/h14-15,17,28H,3-13,21H2,1-2H3,(H,22,26)(H,23,25)/t14-,15+,17+/m1/s1. The molecule has 1 spiro atoms. The van der Waals surface area contributed by atoms with Crippen molar-refractivity contribution >= 4 is 41.2 Å². The molecule has 0 unspecified atom stereocenters. The van der Waals surface area contributed by atoms with Gasteiger partial charge in [0, 0.05) is 37.4 Å². The van der Waals surface area contributed by atoms with Gasteiger partial charge in [0.25, 0.3) is 0 Å². The lowest BCUT2D eigenvalue weighted by Gasteiger charge is -2.29. The third kappa shape index (κ3) is 6.77. The molecule has 8 nitrogen and oxygen atoms in total. The van der Waals surface area contributed by atoms with Crippen molar-refractivity contribution in [3.8, 4) is 0 Å². The highest BCUT2D eigenvalue weighted by atomic mass is 32.2. The van der Waals surface area contributed by atoms with Crippen LogP contribution in [0, 0.1) is 5.92 Å². The first-order chi connectivity index (χ1) is 14.3. The SMILES string of the molecule is CC[C@@H](C)[C@H](N)C(=O)N1CC2(C[C@H]1C(=O)NCCCCCCC(=O)NO)SCCS2. The maximum atomic E-state index is 13.1. The highest BCUT2D eigenvalue weighted by molar-refractivity contribution is 8.21. The van der Waals surface area contributed by atoms with Crippen molar-refractivity contribution in [1.29, 1.82) is 0 Å². The zero-order valence-corrected chi connectivity index (χ0v) is 19.7. The minimum absolute atomic E-state index is 0.0783. The number of likely N-dealkylation sites (tertiary alicyclic amines) is 1. The van der Waals surface area contributed by atoms with Crippen LogP contribution in [-0.2, 0) is 14.4 Å². The lowest BCUT2D eigenvalue weighted by molar-refractivity contribution is -0.140. The smallest absolute Gasteiger partial charge is 0.243 e. The van der Waals surface area contributed by atoms with Gasteiger partial charge in [-0.3, -0.25) is 19.6 Å². The monoisotopic (exact) mass is 460 g/mol. The molecule has 172 valence electrons. The second-order valence-corrected chi connectivity index (χ2v) is 11.4. The van der Waals surface area contributed by atoms with Gasteiger partial charge >= 0.3 is 0 Å². The van der Waals surface area contributed by atoms with Crippen molar-refractivity contribution in [2.75, 3.05) is 24.6 Å². The molecule has 0 saturated carbocycles. The summed E-state index contributed by atoms with van der Waals surface area (Å²) in [6.45, 7) is 5.13. The molecule has 30 heavy (non-hydrogen) atoms. The fourth-order valence-corrected chi connectivity index (χ4v) is 7.11. The van der Waals surface area contributed by atoms with Crippen LogP contribution in [0.15, 0.2) is 0 Å². The lowest BCUT2D eigenvalue weighted by Crippen LogP contribution is -2.53. The highest BCUT2D eigenvalue weighted by Crippen LogP contribution is 2.51. The van der Waals surface area contributed by atoms with Gasteiger partial charge in [0.2, 0.25) is 17.7 Å². The number of amides is 3. The van der Waals surface area contributed by atoms with Gasteiger partial charge < -0.3 is 16.0 Å². The van der Waals surface area contributed by atoms with E-state index in [1.165, 1.54) is 0 Å². The van der Waals surface area contributed by atoms with Crippen LogP contribution in [0.2, 0.25) is 0 Å². The van der Waals surface area contributed by atoms with E-state index in [-0.39, 0.29) is 27.7 Å². The van der Waals surface area contributed by atoms with E-state index < -0.39 is 12.1 Å². The van der Waals surface area contributed by atoms with E-state index >= 15 is 0 Å². The number of carbonyl (C=O) groups excluding carboxylic acids is 3. The van der Waals surface area contributed by atoms with Crippen LogP contribution in [0.3, 0.4) is 0 Å². The summed E-state index contributed by atoms with van der Waals surface area (Å²) in [7, 11) is 0. The van der Waals surface area contributed by atoms with Crippen LogP contribution in [0.4, 0.5) is 0 Å². The largest absolute Gasteiger partial charge is 0.354 e. The summed E-state index contributed by atoms with van der Waals surface area (Å²) in [6, 6.07) is -1.04. The van der Waals surface area contributed by atoms with Crippen molar-refractivity contribution in [1.82, 2.24) is 15.7 Å². The fraction of sp³-hybridized carbons (Fsp3) is 0.850. The van der Waals surface area contributed by atoms with Crippen molar-refractivity contribution in [3.63, 3.8) is 0 Å². The first kappa shape index (κ1) is 25.3. The first-order valence-electron chi connectivity index (χ1n) is 10.9. The third-order valence-electron chi connectivity index (χ3n) is 5.99. The zero-order valence-electron chi connectivity index (χ0n) is 18.0. The second-order valence-electron chi connectivity index (χ2n) is 8.20. The summed E-state index contributed by atoms with van der Waals surface area (Å²) in [5, 5.41) is 11.5. The average molecular weight is 461 g/mol. The van der Waals surface area contributed by atoms with E-state index in [1.54, 1.807) is 10.4 Å². The summed E-state index contributed by atoms with van der Waals surface area (Å²) >= 11 is 3.72. The van der Waals surface area contributed by atoms with E-state index in [2.05, 4.69) is 5.32 Å². The van der Waals surface area contributed by atoms with Crippen LogP contribution in [0.25, 0.3) is 0 Å². The Morgan fingerprint density at radius 1 is 1.20 bits per heavy atom. The number of hydrogen-bond donors (Lipinski definition) is 4. The molecule has 2 aliphatic rings. The zero-order chi connectivity index (χ0) is 22.1. The summed E-state index contributed by atoms with van der Waals surface area (Å²) in [6.07, 6.45) is 5.06.